The van der Waals surface area contributed by atoms with Gasteiger partial charge in [0.15, 0.2) is 0 Å². The lowest BCUT2D eigenvalue weighted by atomic mass is 9.94. The van der Waals surface area contributed by atoms with E-state index in [-0.39, 0.29) is 5.75 Å². The molecule has 6 heteroatoms. The van der Waals surface area contributed by atoms with E-state index in [0.29, 0.717) is 5.46 Å². The van der Waals surface area contributed by atoms with E-state index in [4.69, 9.17) is 20.8 Å². The van der Waals surface area contributed by atoms with E-state index in [2.05, 4.69) is 0 Å². The van der Waals surface area contributed by atoms with Crippen LogP contribution in [-0.2, 0) is 0 Å². The van der Waals surface area contributed by atoms with Gasteiger partial charge in [0.2, 0.25) is 7.98 Å². The number of phenolic OH excluding ortho intramolecular Hbond substituents is 1. The van der Waals surface area contributed by atoms with Gasteiger partial charge in [0, 0.05) is 50.9 Å². The van der Waals surface area contributed by atoms with E-state index in [1.54, 1.807) is 16.6 Å². The summed E-state index contributed by atoms with van der Waals surface area (Å²) in [5.74, 6) is 0.922. The Hall–Kier alpha value is -3.66. The van der Waals surface area contributed by atoms with Crippen LogP contribution in [-0.4, -0.2) is 35.0 Å². The highest BCUT2D eigenvalue weighted by Crippen LogP contribution is 2.34. The maximum absolute atomic E-state index is 10.1. The third kappa shape index (κ3) is 2.20. The molecule has 0 aliphatic rings. The molecule has 3 aromatic heterocycles. The molecule has 0 atom stereocenters. The summed E-state index contributed by atoms with van der Waals surface area (Å²) in [4.78, 5) is 4.75. The molecule has 29 heavy (non-hydrogen) atoms. The van der Waals surface area contributed by atoms with Crippen molar-refractivity contribution in [2.75, 3.05) is 0 Å². The fourth-order valence-electron chi connectivity index (χ4n) is 4.28. The number of fused-ring (bicyclic) bond motifs is 6. The number of rotatable bonds is 1. The van der Waals surface area contributed by atoms with Crippen molar-refractivity contribution in [1.82, 2.24) is 14.0 Å². The predicted octanol–water partition coefficient (Wildman–Crippen LogP) is 3.72. The van der Waals surface area contributed by atoms with Gasteiger partial charge < -0.3 is 9.58 Å². The number of benzene rings is 3. The number of nitrogens with zero attached hydrogens (tertiary/aromatic N) is 3. The minimum absolute atomic E-state index is 0.198. The lowest BCUT2D eigenvalue weighted by Crippen LogP contribution is -2.01. The second kappa shape index (κ2) is 5.67. The summed E-state index contributed by atoms with van der Waals surface area (Å²) in [6, 6.07) is 21.1. The van der Waals surface area contributed by atoms with Gasteiger partial charge in [-0.25, -0.2) is 4.98 Å². The Morgan fingerprint density at radius 2 is 1.55 bits per heavy atom. The zero-order valence-corrected chi connectivity index (χ0v) is 15.4. The average molecular weight is 369 g/mol. The van der Waals surface area contributed by atoms with E-state index < -0.39 is 0 Å². The van der Waals surface area contributed by atoms with Gasteiger partial charge in [-0.05, 0) is 24.3 Å². The van der Waals surface area contributed by atoms with Crippen molar-refractivity contribution in [2.45, 2.75) is 0 Å². The van der Waals surface area contributed by atoms with E-state index >= 15 is 0 Å². The van der Waals surface area contributed by atoms with Crippen molar-refractivity contribution in [3.63, 3.8) is 0 Å². The minimum Gasteiger partial charge on any atom is -0.508 e. The minimum atomic E-state index is 0.198. The van der Waals surface area contributed by atoms with Gasteiger partial charge in [0.25, 0.3) is 0 Å². The molecule has 6 aromatic rings. The van der Waals surface area contributed by atoms with Gasteiger partial charge in [-0.1, -0.05) is 35.8 Å². The molecule has 0 aliphatic carbocycles. The second-order valence-electron chi connectivity index (χ2n) is 7.26. The number of aromatic nitrogens is 3. The smallest absolute Gasteiger partial charge is 0.234 e. The van der Waals surface area contributed by atoms with Crippen LogP contribution in [0.15, 0.2) is 72.9 Å². The lowest BCUT2D eigenvalue weighted by Gasteiger charge is -2.08. The van der Waals surface area contributed by atoms with E-state index in [9.17, 15) is 5.11 Å². The van der Waals surface area contributed by atoms with Crippen molar-refractivity contribution in [3.8, 4) is 11.6 Å². The van der Waals surface area contributed by atoms with E-state index in [0.717, 1.165) is 49.4 Å². The van der Waals surface area contributed by atoms with Gasteiger partial charge in [-0.2, -0.15) is 0 Å². The fraction of sp³-hybridized carbons (Fsp3) is 0. The van der Waals surface area contributed by atoms with Crippen LogP contribution in [0.25, 0.3) is 49.4 Å². The van der Waals surface area contributed by atoms with Gasteiger partial charge in [-0.3, -0.25) is 4.57 Å². The third-order valence-electron chi connectivity index (χ3n) is 5.58. The van der Waals surface area contributed by atoms with Gasteiger partial charge in [-0.15, -0.1) is 0 Å². The highest BCUT2D eigenvalue weighted by molar-refractivity contribution is 6.34. The zero-order valence-electron chi connectivity index (χ0n) is 15.4. The summed E-state index contributed by atoms with van der Waals surface area (Å²) in [6.07, 6.45) is 1.86. The maximum Gasteiger partial charge on any atom is 0.234 e. The van der Waals surface area contributed by atoms with Crippen molar-refractivity contribution < 1.29 is 5.11 Å². The first-order chi connectivity index (χ1) is 14.1. The van der Waals surface area contributed by atoms with Crippen molar-refractivity contribution >= 4 is 64.9 Å². The largest absolute Gasteiger partial charge is 0.508 e. The molecule has 4 radical (unpaired) electrons. The van der Waals surface area contributed by atoms with Crippen molar-refractivity contribution in [1.29, 1.82) is 0 Å². The Labute approximate surface area is 168 Å². The summed E-state index contributed by atoms with van der Waals surface area (Å²) < 4.78 is 3.72. The normalized spacial score (nSPS) is 11.9. The number of pyridine rings is 1. The molecule has 3 aromatic carbocycles. The molecule has 0 spiro atoms. The summed E-state index contributed by atoms with van der Waals surface area (Å²) >= 11 is 0. The summed E-state index contributed by atoms with van der Waals surface area (Å²) in [6.45, 7) is 0. The maximum atomic E-state index is 10.1. The molecule has 3 heterocycles. The van der Waals surface area contributed by atoms with Crippen LogP contribution in [0.1, 0.15) is 0 Å². The van der Waals surface area contributed by atoms with Gasteiger partial charge in [0.05, 0.1) is 11.0 Å². The van der Waals surface area contributed by atoms with Gasteiger partial charge in [0.1, 0.15) is 19.4 Å². The number of para-hydroxylation sites is 1. The molecule has 4 nitrogen and oxygen atoms in total. The van der Waals surface area contributed by atoms with Crippen LogP contribution in [0.5, 0.6) is 5.75 Å². The molecule has 0 aliphatic heterocycles. The Kier molecular flexibility index (Phi) is 3.19. The monoisotopic (exact) mass is 369 g/mol. The predicted molar refractivity (Wildman–Crippen MR) is 120 cm³/mol. The molecule has 1 N–H and O–H groups in total. The first kappa shape index (κ1) is 16.3. The van der Waals surface area contributed by atoms with Crippen LogP contribution < -0.4 is 5.46 Å². The van der Waals surface area contributed by atoms with Crippen molar-refractivity contribution in [3.05, 3.63) is 72.9 Å². The summed E-state index contributed by atoms with van der Waals surface area (Å²) in [7, 11) is 12.4. The Morgan fingerprint density at radius 3 is 2.45 bits per heavy atom. The Morgan fingerprint density at radius 1 is 0.724 bits per heavy atom. The van der Waals surface area contributed by atoms with E-state index in [1.807, 2.05) is 65.4 Å². The number of hydrogen-bond acceptors (Lipinski definition) is 2. The zero-order chi connectivity index (χ0) is 19.7. The molecule has 0 saturated carbocycles. The number of hydrogen-bond donors (Lipinski definition) is 1. The highest BCUT2D eigenvalue weighted by atomic mass is 16.3. The molecule has 0 unspecified atom stereocenters. The SMILES string of the molecule is [B]c1ccc2c(c1)c1ccc(O)cc1n2-c1cc2c(cn1)c1ccccc1n2[B]. The molecule has 0 bridgehead atoms. The quantitative estimate of drug-likeness (QED) is 0.449. The molecular formula is C23H13B2N3O. The van der Waals surface area contributed by atoms with Crippen LogP contribution >= 0.6 is 0 Å². The molecule has 0 amide bonds. The Balaban J connectivity index is 1.75. The number of phenols is 1. The molecule has 0 fully saturated rings. The standard InChI is InChI=1S/C23H13B2N3O/c24-13-5-8-19-17(9-13)16-7-6-14(29)10-21(16)27(19)23-11-22-18(12-26-23)15-3-1-2-4-20(15)28(22)25/h1-12,29H. The molecule has 132 valence electrons. The number of aromatic hydroxyl groups is 1. The molecular weight excluding hydrogens is 356 g/mol. The molecule has 6 rings (SSSR count). The third-order valence-corrected chi connectivity index (χ3v) is 5.58. The summed E-state index contributed by atoms with van der Waals surface area (Å²) in [5.41, 5.74) is 4.36. The summed E-state index contributed by atoms with van der Waals surface area (Å²) in [5, 5.41) is 14.2. The van der Waals surface area contributed by atoms with Crippen LogP contribution in [0, 0.1) is 0 Å². The fourth-order valence-corrected chi connectivity index (χ4v) is 4.28. The van der Waals surface area contributed by atoms with Gasteiger partial charge >= 0.3 is 0 Å². The second-order valence-corrected chi connectivity index (χ2v) is 7.26. The lowest BCUT2D eigenvalue weighted by molar-refractivity contribution is 0.476. The Bertz CT molecular complexity index is 1600. The van der Waals surface area contributed by atoms with Crippen LogP contribution in [0.4, 0.5) is 0 Å². The topological polar surface area (TPSA) is 43.0 Å². The first-order valence-electron chi connectivity index (χ1n) is 9.29. The first-order valence-corrected chi connectivity index (χ1v) is 9.29. The van der Waals surface area contributed by atoms with Crippen LogP contribution in [0.2, 0.25) is 0 Å². The van der Waals surface area contributed by atoms with Crippen molar-refractivity contribution in [2.24, 2.45) is 0 Å². The van der Waals surface area contributed by atoms with Crippen LogP contribution in [0.3, 0.4) is 0 Å². The highest BCUT2D eigenvalue weighted by Gasteiger charge is 2.16. The average Bonchev–Trinajstić information content (AvgIpc) is 3.20. The molecule has 0 saturated heterocycles. The van der Waals surface area contributed by atoms with E-state index in [1.165, 1.54) is 0 Å².